The van der Waals surface area contributed by atoms with Crippen LogP contribution in [0.15, 0.2) is 42.5 Å². The van der Waals surface area contributed by atoms with E-state index in [1.807, 2.05) is 36.4 Å². The summed E-state index contributed by atoms with van der Waals surface area (Å²) in [5, 5.41) is 4.04. The number of aryl methyl sites for hydroxylation is 1. The molecule has 4 rings (SSSR count). The Hall–Kier alpha value is -2.60. The van der Waals surface area contributed by atoms with E-state index in [1.165, 1.54) is 0 Å². The lowest BCUT2D eigenvalue weighted by Gasteiger charge is -2.38. The highest BCUT2D eigenvalue weighted by molar-refractivity contribution is 7.22. The fourth-order valence-corrected chi connectivity index (χ4v) is 4.11. The second-order valence-electron chi connectivity index (χ2n) is 6.43. The van der Waals surface area contributed by atoms with Gasteiger partial charge in [-0.25, -0.2) is 4.98 Å². The van der Waals surface area contributed by atoms with Crippen LogP contribution in [0.3, 0.4) is 0 Å². The first kappa shape index (κ1) is 16.8. The standard InChI is InChI=1S/C20H21N3O2S/c1-3-13-6-4-5-7-16(13)21-19(24)14-11-23(12-14)20-22-17-10-15(25-2)8-9-18(17)26-20/h4-10,14H,3,11-12H2,1-2H3,(H,21,24). The van der Waals surface area contributed by atoms with Gasteiger partial charge in [0.1, 0.15) is 5.75 Å². The van der Waals surface area contributed by atoms with Gasteiger partial charge in [0.25, 0.3) is 0 Å². The highest BCUT2D eigenvalue weighted by Gasteiger charge is 2.34. The Balaban J connectivity index is 1.41. The van der Waals surface area contributed by atoms with Gasteiger partial charge < -0.3 is 15.0 Å². The van der Waals surface area contributed by atoms with Gasteiger partial charge in [-0.05, 0) is 30.2 Å². The monoisotopic (exact) mass is 367 g/mol. The SMILES string of the molecule is CCc1ccccc1NC(=O)C1CN(c2nc3cc(OC)ccc3s2)C1. The van der Waals surface area contributed by atoms with Crippen molar-refractivity contribution in [3.05, 3.63) is 48.0 Å². The molecule has 3 aromatic rings. The maximum Gasteiger partial charge on any atom is 0.231 e. The molecule has 1 aliphatic heterocycles. The van der Waals surface area contributed by atoms with Crippen molar-refractivity contribution in [2.24, 2.45) is 5.92 Å². The molecule has 134 valence electrons. The molecule has 1 saturated heterocycles. The molecule has 0 radical (unpaired) electrons. The van der Waals surface area contributed by atoms with E-state index >= 15 is 0 Å². The zero-order valence-electron chi connectivity index (χ0n) is 14.9. The number of rotatable bonds is 5. The number of benzene rings is 2. The summed E-state index contributed by atoms with van der Waals surface area (Å²) in [5.74, 6) is 0.899. The quantitative estimate of drug-likeness (QED) is 0.742. The topological polar surface area (TPSA) is 54.5 Å². The minimum absolute atomic E-state index is 0.00135. The minimum atomic E-state index is 0.00135. The predicted octanol–water partition coefficient (Wildman–Crippen LogP) is 3.94. The first-order chi connectivity index (χ1) is 12.7. The Labute approximate surface area is 156 Å². The molecule has 2 heterocycles. The number of carbonyl (C=O) groups is 1. The number of fused-ring (bicyclic) bond motifs is 1. The summed E-state index contributed by atoms with van der Waals surface area (Å²) in [6.07, 6.45) is 0.905. The molecule has 0 saturated carbocycles. The second-order valence-corrected chi connectivity index (χ2v) is 7.44. The molecule has 2 aromatic carbocycles. The van der Waals surface area contributed by atoms with Crippen LogP contribution in [0, 0.1) is 5.92 Å². The van der Waals surface area contributed by atoms with Crippen LogP contribution < -0.4 is 15.0 Å². The van der Waals surface area contributed by atoms with Gasteiger partial charge in [0.05, 0.1) is 23.2 Å². The zero-order valence-corrected chi connectivity index (χ0v) is 15.7. The average molecular weight is 367 g/mol. The molecule has 0 atom stereocenters. The van der Waals surface area contributed by atoms with Gasteiger partial charge in [-0.2, -0.15) is 0 Å². The molecule has 6 heteroatoms. The highest BCUT2D eigenvalue weighted by Crippen LogP contribution is 2.34. The normalized spacial score (nSPS) is 14.3. The molecule has 0 spiro atoms. The first-order valence-corrected chi connectivity index (χ1v) is 9.58. The second kappa shape index (κ2) is 6.96. The van der Waals surface area contributed by atoms with Gasteiger partial charge in [0.2, 0.25) is 5.91 Å². The van der Waals surface area contributed by atoms with Crippen molar-refractivity contribution in [1.29, 1.82) is 0 Å². The van der Waals surface area contributed by atoms with Gasteiger partial charge in [-0.3, -0.25) is 4.79 Å². The Bertz CT molecular complexity index is 947. The molecule has 0 aliphatic carbocycles. The van der Waals surface area contributed by atoms with Gasteiger partial charge >= 0.3 is 0 Å². The van der Waals surface area contributed by atoms with Gasteiger partial charge in [0, 0.05) is 24.8 Å². The Morgan fingerprint density at radius 2 is 2.12 bits per heavy atom. The molecule has 26 heavy (non-hydrogen) atoms. The molecule has 1 fully saturated rings. The summed E-state index contributed by atoms with van der Waals surface area (Å²) in [5.41, 5.74) is 3.02. The van der Waals surface area contributed by atoms with Crippen LogP contribution in [0.4, 0.5) is 10.8 Å². The lowest BCUT2D eigenvalue weighted by molar-refractivity contribution is -0.120. The molecule has 1 amide bonds. The summed E-state index contributed by atoms with van der Waals surface area (Å²) in [4.78, 5) is 19.4. The smallest absolute Gasteiger partial charge is 0.231 e. The number of nitrogens with zero attached hydrogens (tertiary/aromatic N) is 2. The summed E-state index contributed by atoms with van der Waals surface area (Å²) in [7, 11) is 1.66. The van der Waals surface area contributed by atoms with Crippen molar-refractivity contribution in [3.8, 4) is 5.75 Å². The van der Waals surface area contributed by atoms with Crippen molar-refractivity contribution in [2.45, 2.75) is 13.3 Å². The zero-order chi connectivity index (χ0) is 18.1. The maximum atomic E-state index is 12.5. The predicted molar refractivity (Wildman–Crippen MR) is 106 cm³/mol. The van der Waals surface area contributed by atoms with Gasteiger partial charge in [-0.1, -0.05) is 36.5 Å². The van der Waals surface area contributed by atoms with E-state index < -0.39 is 0 Å². The molecular weight excluding hydrogens is 346 g/mol. The van der Waals surface area contributed by atoms with Crippen molar-refractivity contribution >= 4 is 38.3 Å². The lowest BCUT2D eigenvalue weighted by atomic mass is 9.99. The van der Waals surface area contributed by atoms with Crippen molar-refractivity contribution in [2.75, 3.05) is 30.4 Å². The number of nitrogens with one attached hydrogen (secondary N) is 1. The molecule has 5 nitrogen and oxygen atoms in total. The van der Waals surface area contributed by atoms with Crippen molar-refractivity contribution in [3.63, 3.8) is 0 Å². The number of carbonyl (C=O) groups excluding carboxylic acids is 1. The van der Waals surface area contributed by atoms with Gasteiger partial charge in [0.15, 0.2) is 5.13 Å². The minimum Gasteiger partial charge on any atom is -0.497 e. The van der Waals surface area contributed by atoms with Crippen LogP contribution in [0.1, 0.15) is 12.5 Å². The number of ether oxygens (including phenoxy) is 1. The number of thiazole rings is 1. The number of aromatic nitrogens is 1. The highest BCUT2D eigenvalue weighted by atomic mass is 32.1. The molecule has 1 aliphatic rings. The summed E-state index contributed by atoms with van der Waals surface area (Å²) < 4.78 is 6.38. The third-order valence-electron chi connectivity index (χ3n) is 4.76. The van der Waals surface area contributed by atoms with Crippen LogP contribution in [0.2, 0.25) is 0 Å². The first-order valence-electron chi connectivity index (χ1n) is 8.76. The molecular formula is C20H21N3O2S. The number of hydrogen-bond acceptors (Lipinski definition) is 5. The summed E-state index contributed by atoms with van der Waals surface area (Å²) in [6, 6.07) is 13.9. The maximum absolute atomic E-state index is 12.5. The lowest BCUT2D eigenvalue weighted by Crippen LogP contribution is -2.52. The number of methoxy groups -OCH3 is 1. The third kappa shape index (κ3) is 3.12. The van der Waals surface area contributed by atoms with E-state index in [4.69, 9.17) is 4.74 Å². The average Bonchev–Trinajstić information content (AvgIpc) is 3.03. The van der Waals surface area contributed by atoms with Crippen LogP contribution >= 0.6 is 11.3 Å². The Morgan fingerprint density at radius 3 is 2.88 bits per heavy atom. The van der Waals surface area contributed by atoms with Crippen molar-refractivity contribution < 1.29 is 9.53 Å². The van der Waals surface area contributed by atoms with E-state index in [0.29, 0.717) is 13.1 Å². The van der Waals surface area contributed by atoms with Gasteiger partial charge in [-0.15, -0.1) is 0 Å². The van der Waals surface area contributed by atoms with E-state index in [9.17, 15) is 4.79 Å². The number of amides is 1. The van der Waals surface area contributed by atoms with E-state index in [1.54, 1.807) is 18.4 Å². The number of para-hydroxylation sites is 1. The van der Waals surface area contributed by atoms with Crippen LogP contribution in [0.25, 0.3) is 10.2 Å². The Morgan fingerprint density at radius 1 is 1.31 bits per heavy atom. The van der Waals surface area contributed by atoms with Crippen LogP contribution in [-0.2, 0) is 11.2 Å². The summed E-state index contributed by atoms with van der Waals surface area (Å²) in [6.45, 7) is 3.51. The molecule has 1 aromatic heterocycles. The Kier molecular flexibility index (Phi) is 4.51. The fourth-order valence-electron chi connectivity index (χ4n) is 3.14. The van der Waals surface area contributed by atoms with Crippen LogP contribution in [-0.4, -0.2) is 31.1 Å². The van der Waals surface area contributed by atoms with Crippen LogP contribution in [0.5, 0.6) is 5.75 Å². The molecule has 1 N–H and O–H groups in total. The summed E-state index contributed by atoms with van der Waals surface area (Å²) >= 11 is 1.65. The largest absolute Gasteiger partial charge is 0.497 e. The molecule has 0 bridgehead atoms. The fraction of sp³-hybridized carbons (Fsp3) is 0.300. The molecule has 0 unspecified atom stereocenters. The van der Waals surface area contributed by atoms with Crippen molar-refractivity contribution in [1.82, 2.24) is 4.98 Å². The third-order valence-corrected chi connectivity index (χ3v) is 5.86. The number of anilines is 2. The number of hydrogen-bond donors (Lipinski definition) is 1. The van der Waals surface area contributed by atoms with E-state index in [0.717, 1.165) is 38.8 Å². The van der Waals surface area contributed by atoms with E-state index in [2.05, 4.69) is 28.2 Å². The van der Waals surface area contributed by atoms with E-state index in [-0.39, 0.29) is 11.8 Å².